The van der Waals surface area contributed by atoms with Crippen LogP contribution in [-0.4, -0.2) is 28.6 Å². The second-order valence-corrected chi connectivity index (χ2v) is 10.4. The first-order valence-corrected chi connectivity index (χ1v) is 14.0. The van der Waals surface area contributed by atoms with E-state index < -0.39 is 12.0 Å². The number of amides is 1. The van der Waals surface area contributed by atoms with Crippen molar-refractivity contribution in [1.82, 2.24) is 10.2 Å². The summed E-state index contributed by atoms with van der Waals surface area (Å²) >= 11 is 7.66. The number of hydrogen-bond donors (Lipinski definition) is 1. The van der Waals surface area contributed by atoms with Gasteiger partial charge in [-0.2, -0.15) is 0 Å². The van der Waals surface area contributed by atoms with Crippen molar-refractivity contribution in [2.24, 2.45) is 4.99 Å². The molecule has 3 aromatic carbocycles. The average molecular weight is 558 g/mol. The van der Waals surface area contributed by atoms with Gasteiger partial charge in [0.1, 0.15) is 0 Å². The number of fused-ring (bicyclic) bond motifs is 1. The standard InChI is InChI=1S/C31H28ClN3O3S/c1-3-38-30(37)27-28(22-12-8-5-9-13-22)34-31-35(29(27)23-14-16-24(32)17-15-23)25(19-39-31)18-26(36)33-20(2)21-10-6-4-7-11-21/h4-17,19-20,29H,3,18H2,1-2H3,(H,33,36)/t20-,29-/m0/s1. The van der Waals surface area contributed by atoms with Crippen molar-refractivity contribution in [2.45, 2.75) is 32.4 Å². The van der Waals surface area contributed by atoms with Gasteiger partial charge in [-0.05, 0) is 42.5 Å². The number of carbonyl (C=O) groups excluding carboxylic acids is 2. The number of nitrogens with zero attached hydrogens (tertiary/aromatic N) is 2. The number of halogens is 1. The summed E-state index contributed by atoms with van der Waals surface area (Å²) in [4.78, 5) is 33.6. The molecule has 0 saturated heterocycles. The zero-order valence-electron chi connectivity index (χ0n) is 21.6. The van der Waals surface area contributed by atoms with Crippen LogP contribution in [0.3, 0.4) is 0 Å². The minimum absolute atomic E-state index is 0.121. The summed E-state index contributed by atoms with van der Waals surface area (Å²) in [6.45, 7) is 3.97. The van der Waals surface area contributed by atoms with Crippen molar-refractivity contribution in [3.63, 3.8) is 0 Å². The van der Waals surface area contributed by atoms with Crippen LogP contribution in [0, 0.1) is 0 Å². The number of thioether (sulfide) groups is 1. The molecule has 0 unspecified atom stereocenters. The van der Waals surface area contributed by atoms with Gasteiger partial charge in [0.2, 0.25) is 5.91 Å². The van der Waals surface area contributed by atoms with Crippen LogP contribution in [0.15, 0.2) is 107 Å². The zero-order valence-corrected chi connectivity index (χ0v) is 23.2. The number of hydrogen-bond acceptors (Lipinski definition) is 6. The summed E-state index contributed by atoms with van der Waals surface area (Å²) < 4.78 is 5.55. The fourth-order valence-electron chi connectivity index (χ4n) is 4.73. The Morgan fingerprint density at radius 3 is 2.36 bits per heavy atom. The van der Waals surface area contributed by atoms with Gasteiger partial charge in [-0.1, -0.05) is 96.2 Å². The predicted octanol–water partition coefficient (Wildman–Crippen LogP) is 6.88. The van der Waals surface area contributed by atoms with E-state index in [4.69, 9.17) is 21.3 Å². The highest BCUT2D eigenvalue weighted by Crippen LogP contribution is 2.47. The van der Waals surface area contributed by atoms with Gasteiger partial charge < -0.3 is 15.0 Å². The van der Waals surface area contributed by atoms with E-state index in [0.717, 1.165) is 22.4 Å². The fraction of sp³-hybridized carbons (Fsp3) is 0.194. The quantitative estimate of drug-likeness (QED) is 0.306. The molecule has 3 aromatic rings. The largest absolute Gasteiger partial charge is 0.463 e. The smallest absolute Gasteiger partial charge is 0.338 e. The molecule has 0 spiro atoms. The third-order valence-corrected chi connectivity index (χ3v) is 7.70. The topological polar surface area (TPSA) is 71.0 Å². The fourth-order valence-corrected chi connectivity index (χ4v) is 5.78. The van der Waals surface area contributed by atoms with Gasteiger partial charge in [-0.3, -0.25) is 4.79 Å². The van der Waals surface area contributed by atoms with Crippen LogP contribution in [0.25, 0.3) is 5.70 Å². The van der Waals surface area contributed by atoms with E-state index in [-0.39, 0.29) is 25.0 Å². The van der Waals surface area contributed by atoms with Gasteiger partial charge in [-0.15, -0.1) is 0 Å². The second-order valence-electron chi connectivity index (χ2n) is 9.17. The first-order valence-electron chi connectivity index (χ1n) is 12.8. The normalized spacial score (nSPS) is 17.2. The summed E-state index contributed by atoms with van der Waals surface area (Å²) in [7, 11) is 0. The van der Waals surface area contributed by atoms with Crippen LogP contribution in [0.5, 0.6) is 0 Å². The molecule has 6 nitrogen and oxygen atoms in total. The van der Waals surface area contributed by atoms with Crippen molar-refractivity contribution in [2.75, 3.05) is 6.61 Å². The van der Waals surface area contributed by atoms with E-state index in [1.807, 2.05) is 90.0 Å². The van der Waals surface area contributed by atoms with Crippen LogP contribution >= 0.6 is 23.4 Å². The Morgan fingerprint density at radius 1 is 1.03 bits per heavy atom. The molecule has 39 heavy (non-hydrogen) atoms. The highest BCUT2D eigenvalue weighted by Gasteiger charge is 2.42. The van der Waals surface area contributed by atoms with Crippen LogP contribution in [0.2, 0.25) is 5.02 Å². The molecule has 1 amide bonds. The Labute approximate surface area is 237 Å². The third-order valence-electron chi connectivity index (χ3n) is 6.56. The summed E-state index contributed by atoms with van der Waals surface area (Å²) in [6, 6.07) is 26.1. The summed E-state index contributed by atoms with van der Waals surface area (Å²) in [6.07, 6.45) is 0.129. The first kappa shape index (κ1) is 26.8. The molecule has 0 aromatic heterocycles. The molecule has 8 heteroatoms. The summed E-state index contributed by atoms with van der Waals surface area (Å²) in [5.74, 6) is -0.567. The van der Waals surface area contributed by atoms with E-state index in [2.05, 4.69) is 5.32 Å². The number of carbonyl (C=O) groups is 2. The van der Waals surface area contributed by atoms with Gasteiger partial charge >= 0.3 is 5.97 Å². The summed E-state index contributed by atoms with van der Waals surface area (Å²) in [5, 5.41) is 6.32. The molecule has 2 atom stereocenters. The SMILES string of the molecule is CCOC(=O)C1=C(c2ccccc2)N=C2SC=C(CC(=O)N[C@@H](C)c3ccccc3)N2[C@H]1c1ccc(Cl)cc1. The number of nitrogens with one attached hydrogen (secondary N) is 1. The molecular weight excluding hydrogens is 530 g/mol. The monoisotopic (exact) mass is 557 g/mol. The molecule has 0 aliphatic carbocycles. The van der Waals surface area contributed by atoms with Gasteiger partial charge in [0.15, 0.2) is 5.17 Å². The highest BCUT2D eigenvalue weighted by atomic mass is 35.5. The van der Waals surface area contributed by atoms with E-state index in [1.54, 1.807) is 19.1 Å². The van der Waals surface area contributed by atoms with Crippen LogP contribution in [0.1, 0.15) is 49.0 Å². The Balaban J connectivity index is 1.53. The van der Waals surface area contributed by atoms with Crippen molar-refractivity contribution in [3.05, 3.63) is 123 Å². The molecule has 2 aliphatic rings. The van der Waals surface area contributed by atoms with Gasteiger partial charge in [0.25, 0.3) is 0 Å². The lowest BCUT2D eigenvalue weighted by Crippen LogP contribution is -2.38. The molecule has 1 N–H and O–H groups in total. The maximum absolute atomic E-state index is 13.5. The van der Waals surface area contributed by atoms with Gasteiger partial charge in [-0.25, -0.2) is 9.79 Å². The molecule has 2 heterocycles. The number of benzene rings is 3. The van der Waals surface area contributed by atoms with Crippen molar-refractivity contribution < 1.29 is 14.3 Å². The molecule has 5 rings (SSSR count). The Kier molecular flexibility index (Phi) is 8.19. The van der Waals surface area contributed by atoms with Crippen molar-refractivity contribution in [3.8, 4) is 0 Å². The number of ether oxygens (including phenoxy) is 1. The minimum atomic E-state index is -0.551. The summed E-state index contributed by atoms with van der Waals surface area (Å²) in [5.41, 5.74) is 4.42. The van der Waals surface area contributed by atoms with Crippen molar-refractivity contribution >= 4 is 46.1 Å². The van der Waals surface area contributed by atoms with Crippen LogP contribution < -0.4 is 5.32 Å². The second kappa shape index (κ2) is 11.9. The lowest BCUT2D eigenvalue weighted by atomic mass is 9.91. The van der Waals surface area contributed by atoms with E-state index in [0.29, 0.717) is 21.5 Å². The minimum Gasteiger partial charge on any atom is -0.463 e. The third kappa shape index (κ3) is 5.79. The van der Waals surface area contributed by atoms with Gasteiger partial charge in [0, 0.05) is 16.3 Å². The molecule has 198 valence electrons. The highest BCUT2D eigenvalue weighted by molar-refractivity contribution is 8.16. The maximum atomic E-state index is 13.5. The number of esters is 1. The van der Waals surface area contributed by atoms with E-state index in [9.17, 15) is 9.59 Å². The number of aliphatic imine (C=N–C) groups is 1. The van der Waals surface area contributed by atoms with E-state index >= 15 is 0 Å². The van der Waals surface area contributed by atoms with Crippen LogP contribution in [-0.2, 0) is 14.3 Å². The molecule has 0 bridgehead atoms. The van der Waals surface area contributed by atoms with Crippen LogP contribution in [0.4, 0.5) is 0 Å². The lowest BCUT2D eigenvalue weighted by molar-refractivity contribution is -0.139. The first-order chi connectivity index (χ1) is 19.0. The Hall–Kier alpha value is -3.81. The average Bonchev–Trinajstić information content (AvgIpc) is 3.35. The molecule has 0 radical (unpaired) electrons. The Morgan fingerprint density at radius 2 is 1.69 bits per heavy atom. The number of amidine groups is 1. The zero-order chi connectivity index (χ0) is 27.4. The molecule has 0 saturated carbocycles. The van der Waals surface area contributed by atoms with E-state index in [1.165, 1.54) is 11.8 Å². The van der Waals surface area contributed by atoms with Crippen molar-refractivity contribution in [1.29, 1.82) is 0 Å². The predicted molar refractivity (Wildman–Crippen MR) is 157 cm³/mol. The number of rotatable bonds is 8. The Bertz CT molecular complexity index is 1450. The molecule has 2 aliphatic heterocycles. The maximum Gasteiger partial charge on any atom is 0.338 e. The van der Waals surface area contributed by atoms with Gasteiger partial charge in [0.05, 0.1) is 36.4 Å². The molecule has 0 fully saturated rings. The molecular formula is C31H28ClN3O3S. The lowest BCUT2D eigenvalue weighted by Gasteiger charge is -2.37.